The molecule has 276 valence electrons. The van der Waals surface area contributed by atoms with Gasteiger partial charge in [-0.2, -0.15) is 26.3 Å². The number of nitrogens with one attached hydrogen (secondary N) is 3. The van der Waals surface area contributed by atoms with Crippen molar-refractivity contribution in [2.75, 3.05) is 5.32 Å². The van der Waals surface area contributed by atoms with Gasteiger partial charge in [0.05, 0.1) is 28.7 Å². The quantitative estimate of drug-likeness (QED) is 0.0913. The first-order chi connectivity index (χ1) is 24.9. The third kappa shape index (κ3) is 10.9. The Hall–Kier alpha value is -6.72. The molecule has 12 nitrogen and oxygen atoms in total. The molecule has 4 aromatic carbocycles. The highest BCUT2D eigenvalue weighted by molar-refractivity contribution is 6.00. The molecular weight excluding hydrogens is 720 g/mol. The fourth-order valence-electron chi connectivity index (χ4n) is 4.46. The second kappa shape index (κ2) is 16.5. The third-order valence-corrected chi connectivity index (χ3v) is 7.03. The summed E-state index contributed by atoms with van der Waals surface area (Å²) in [7, 11) is 0. The number of carboxylic acid groups (broad SMARTS) is 1. The number of carbonyl (C=O) groups excluding carboxylic acids is 5. The predicted molar refractivity (Wildman–Crippen MR) is 170 cm³/mol. The molecule has 0 fully saturated rings. The summed E-state index contributed by atoms with van der Waals surface area (Å²) in [6.45, 7) is 0. The highest BCUT2D eigenvalue weighted by Crippen LogP contribution is 2.31. The van der Waals surface area contributed by atoms with Gasteiger partial charge in [-0.25, -0.2) is 14.4 Å². The van der Waals surface area contributed by atoms with Crippen LogP contribution in [0.3, 0.4) is 0 Å². The zero-order valence-electron chi connectivity index (χ0n) is 26.7. The van der Waals surface area contributed by atoms with E-state index in [0.717, 1.165) is 29.8 Å². The Balaban J connectivity index is 1.52. The number of rotatable bonds is 11. The molecule has 53 heavy (non-hydrogen) atoms. The molecule has 4 rings (SSSR count). The molecule has 4 N–H and O–H groups in total. The summed E-state index contributed by atoms with van der Waals surface area (Å²) in [5.74, 6) is -8.72. The molecule has 0 aliphatic heterocycles. The second-order valence-corrected chi connectivity index (χ2v) is 10.9. The number of hydrazine groups is 1. The number of esters is 2. The maximum absolute atomic E-state index is 13.3. The van der Waals surface area contributed by atoms with Crippen LogP contribution in [-0.4, -0.2) is 52.9 Å². The highest BCUT2D eigenvalue weighted by atomic mass is 19.4. The van der Waals surface area contributed by atoms with E-state index in [4.69, 9.17) is 9.47 Å². The summed E-state index contributed by atoms with van der Waals surface area (Å²) in [4.78, 5) is 76.2. The van der Waals surface area contributed by atoms with Gasteiger partial charge in [0, 0.05) is 11.3 Å². The van der Waals surface area contributed by atoms with Crippen molar-refractivity contribution in [3.05, 3.63) is 137 Å². The van der Waals surface area contributed by atoms with E-state index in [1.807, 2.05) is 5.43 Å². The van der Waals surface area contributed by atoms with Crippen LogP contribution in [0.25, 0.3) is 0 Å². The van der Waals surface area contributed by atoms with Gasteiger partial charge in [-0.15, -0.1) is 0 Å². The Bertz CT molecular complexity index is 2000. The minimum Gasteiger partial charge on any atom is -0.478 e. The van der Waals surface area contributed by atoms with Crippen LogP contribution in [0, 0.1) is 0 Å². The van der Waals surface area contributed by atoms with Crippen molar-refractivity contribution in [2.24, 2.45) is 0 Å². The van der Waals surface area contributed by atoms with E-state index >= 15 is 0 Å². The van der Waals surface area contributed by atoms with E-state index in [1.165, 1.54) is 24.3 Å². The maximum atomic E-state index is 13.3. The van der Waals surface area contributed by atoms with Crippen LogP contribution in [0.15, 0.2) is 103 Å². The van der Waals surface area contributed by atoms with Gasteiger partial charge in [0.2, 0.25) is 18.1 Å². The number of ether oxygens (including phenoxy) is 2. The molecule has 0 bridgehead atoms. The van der Waals surface area contributed by atoms with Gasteiger partial charge in [0.1, 0.15) is 0 Å². The van der Waals surface area contributed by atoms with E-state index in [-0.39, 0.29) is 17.9 Å². The van der Waals surface area contributed by atoms with Crippen LogP contribution in [-0.2, 0) is 42.6 Å². The van der Waals surface area contributed by atoms with Crippen molar-refractivity contribution in [3.63, 3.8) is 0 Å². The van der Waals surface area contributed by atoms with Crippen LogP contribution >= 0.6 is 0 Å². The van der Waals surface area contributed by atoms with Crippen molar-refractivity contribution in [3.8, 4) is 0 Å². The van der Waals surface area contributed by atoms with Crippen molar-refractivity contribution < 1.29 is 69.7 Å². The van der Waals surface area contributed by atoms with E-state index in [1.54, 1.807) is 35.8 Å². The number of alkyl halides is 6. The molecule has 0 spiro atoms. The number of aliphatic carboxylic acids is 1. The van der Waals surface area contributed by atoms with E-state index in [9.17, 15) is 60.2 Å². The summed E-state index contributed by atoms with van der Waals surface area (Å²) < 4.78 is 89.0. The Morgan fingerprint density at radius 2 is 1.11 bits per heavy atom. The molecule has 0 saturated carbocycles. The first kappa shape index (κ1) is 39.1. The lowest BCUT2D eigenvalue weighted by Crippen LogP contribution is -2.54. The van der Waals surface area contributed by atoms with Crippen LogP contribution in [0.4, 0.5) is 32.0 Å². The number of halogens is 6. The van der Waals surface area contributed by atoms with Crippen LogP contribution < -0.4 is 16.2 Å². The van der Waals surface area contributed by atoms with Crippen LogP contribution in [0.2, 0.25) is 0 Å². The van der Waals surface area contributed by atoms with Crippen molar-refractivity contribution in [1.29, 1.82) is 0 Å². The summed E-state index contributed by atoms with van der Waals surface area (Å²) in [6, 6.07) is 19.0. The number of carbonyl (C=O) groups is 6. The van der Waals surface area contributed by atoms with Crippen molar-refractivity contribution in [2.45, 2.75) is 31.0 Å². The molecule has 0 radical (unpaired) electrons. The zero-order chi connectivity index (χ0) is 38.9. The fraction of sp³-hybridized carbons (Fsp3) is 0.143. The molecule has 18 heteroatoms. The minimum absolute atomic E-state index is 0.0568. The number of carboxylic acids is 1. The molecule has 0 saturated heterocycles. The van der Waals surface area contributed by atoms with Gasteiger partial charge < -0.3 is 19.9 Å². The standard InChI is InChI=1S/C35H25F6N3O9/c36-34(37,38)23-10-4-8-21(17-23)32(50)52-27(28(31(48)49)53-33(51)22-9-5-11-24(18-22)35(39,40)41)30(47)44-43-29(46)20-12-14-25(15-13-20)42-26(45)16-19-6-2-1-3-7-19/h1-15,17-18,27-28H,16H2,(H,42,45)(H,43,46)(H,44,47)(H,48,49)/t27-,28-/m0/s1. The largest absolute Gasteiger partial charge is 0.478 e. The van der Waals surface area contributed by atoms with Crippen LogP contribution in [0.5, 0.6) is 0 Å². The average molecular weight is 746 g/mol. The van der Waals surface area contributed by atoms with Gasteiger partial charge in [0.25, 0.3) is 11.8 Å². The van der Waals surface area contributed by atoms with Gasteiger partial charge in [-0.1, -0.05) is 42.5 Å². The molecule has 0 aliphatic carbocycles. The van der Waals surface area contributed by atoms with E-state index in [0.29, 0.717) is 30.0 Å². The Labute approximate surface area is 294 Å². The molecule has 0 aromatic heterocycles. The predicted octanol–water partition coefficient (Wildman–Crippen LogP) is 5.20. The number of hydrogen-bond donors (Lipinski definition) is 4. The Morgan fingerprint density at radius 1 is 0.604 bits per heavy atom. The van der Waals surface area contributed by atoms with Crippen molar-refractivity contribution in [1.82, 2.24) is 10.9 Å². The van der Waals surface area contributed by atoms with Gasteiger partial charge >= 0.3 is 30.3 Å². The fourth-order valence-corrected chi connectivity index (χ4v) is 4.46. The zero-order valence-corrected chi connectivity index (χ0v) is 26.7. The third-order valence-electron chi connectivity index (χ3n) is 7.03. The van der Waals surface area contributed by atoms with E-state index < -0.39 is 76.5 Å². The summed E-state index contributed by atoms with van der Waals surface area (Å²) in [6.07, 6.45) is -15.4. The molecule has 3 amide bonds. The Morgan fingerprint density at radius 3 is 1.60 bits per heavy atom. The smallest absolute Gasteiger partial charge is 0.416 e. The molecule has 0 aliphatic rings. The van der Waals surface area contributed by atoms with Gasteiger partial charge in [-0.3, -0.25) is 25.2 Å². The monoisotopic (exact) mass is 745 g/mol. The molecule has 0 unspecified atom stereocenters. The summed E-state index contributed by atoms with van der Waals surface area (Å²) in [5.41, 5.74) is 0.243. The first-order valence-electron chi connectivity index (χ1n) is 15.0. The summed E-state index contributed by atoms with van der Waals surface area (Å²) >= 11 is 0. The lowest BCUT2D eigenvalue weighted by atomic mass is 10.1. The maximum Gasteiger partial charge on any atom is 0.416 e. The molecule has 0 heterocycles. The topological polar surface area (TPSA) is 177 Å². The second-order valence-electron chi connectivity index (χ2n) is 10.9. The SMILES string of the molecule is O=C(Cc1ccccc1)Nc1ccc(C(=O)NNC(=O)[C@@H](OC(=O)c2cccc(C(F)(F)F)c2)[C@H](OC(=O)c2cccc(C(F)(F)F)c2)C(=O)O)cc1. The normalized spacial score (nSPS) is 12.4. The van der Waals surface area contributed by atoms with Gasteiger partial charge in [-0.05, 0) is 66.2 Å². The molecule has 4 aromatic rings. The number of hydrogen-bond acceptors (Lipinski definition) is 8. The number of benzene rings is 4. The lowest BCUT2D eigenvalue weighted by Gasteiger charge is -2.24. The number of anilines is 1. The van der Waals surface area contributed by atoms with E-state index in [2.05, 4.69) is 5.32 Å². The molecule has 2 atom stereocenters. The highest BCUT2D eigenvalue weighted by Gasteiger charge is 2.42. The lowest BCUT2D eigenvalue weighted by molar-refractivity contribution is -0.159. The minimum atomic E-state index is -4.94. The van der Waals surface area contributed by atoms with Crippen molar-refractivity contribution >= 4 is 41.3 Å². The average Bonchev–Trinajstić information content (AvgIpc) is 3.11. The Kier molecular flexibility index (Phi) is 12.2. The van der Waals surface area contributed by atoms with Gasteiger partial charge in [0.15, 0.2) is 0 Å². The summed E-state index contributed by atoms with van der Waals surface area (Å²) in [5, 5.41) is 12.5. The number of amides is 3. The first-order valence-corrected chi connectivity index (χ1v) is 15.0. The van der Waals surface area contributed by atoms with Crippen LogP contribution in [0.1, 0.15) is 47.8 Å². The molecular formula is C35H25F6N3O9.